The van der Waals surface area contributed by atoms with Gasteiger partial charge in [-0.3, -0.25) is 4.55 Å². The Morgan fingerprint density at radius 1 is 1.18 bits per heavy atom. The quantitative estimate of drug-likeness (QED) is 0.208. The van der Waals surface area contributed by atoms with Gasteiger partial charge >= 0.3 is 10.4 Å². The first-order valence-corrected chi connectivity index (χ1v) is 9.43. The summed E-state index contributed by atoms with van der Waals surface area (Å²) >= 11 is 0. The summed E-state index contributed by atoms with van der Waals surface area (Å²) in [5.41, 5.74) is 0. The maximum absolute atomic E-state index is 10.8. The molecule has 2 aliphatic heterocycles. The zero-order valence-corrected chi connectivity index (χ0v) is 12.9. The number of aliphatic hydroxyl groups is 5. The van der Waals surface area contributed by atoms with Crippen LogP contribution < -0.4 is 0 Å². The predicted octanol–water partition coefficient (Wildman–Crippen LogP) is -4.03. The van der Waals surface area contributed by atoms with Crippen LogP contribution in [0.1, 0.15) is 0 Å². The van der Waals surface area contributed by atoms with Gasteiger partial charge < -0.3 is 30.3 Å². The molecule has 2 saturated heterocycles. The minimum Gasteiger partial charge on any atom is -0.391 e. The number of rotatable bonds is 5. The lowest BCUT2D eigenvalue weighted by molar-refractivity contribution is -0.123. The lowest BCUT2D eigenvalue weighted by Gasteiger charge is -2.19. The Kier molecular flexibility index (Phi) is 5.70. The summed E-state index contributed by atoms with van der Waals surface area (Å²) in [6, 6.07) is 0. The van der Waals surface area contributed by atoms with Gasteiger partial charge in [0.05, 0.1) is 6.61 Å². The molecular formula is C10H19O10S2+. The summed E-state index contributed by atoms with van der Waals surface area (Å²) in [5, 5.41) is 47.2. The highest BCUT2D eigenvalue weighted by atomic mass is 32.3. The maximum Gasteiger partial charge on any atom is 0.397 e. The first-order valence-electron chi connectivity index (χ1n) is 6.44. The molecule has 22 heavy (non-hydrogen) atoms. The number of hydrogen-bond donors (Lipinski definition) is 6. The Balaban J connectivity index is 2.10. The van der Waals surface area contributed by atoms with E-state index in [1.807, 2.05) is 0 Å². The summed E-state index contributed by atoms with van der Waals surface area (Å²) in [7, 11) is -5.61. The molecule has 0 bridgehead atoms. The van der Waals surface area contributed by atoms with Crippen molar-refractivity contribution in [3.8, 4) is 0 Å². The van der Waals surface area contributed by atoms with Gasteiger partial charge in [-0.2, -0.15) is 8.42 Å². The molecule has 2 aliphatic rings. The number of hydrogen-bond acceptors (Lipinski definition) is 9. The Morgan fingerprint density at radius 3 is 2.36 bits per heavy atom. The normalized spacial score (nSPS) is 46.3. The van der Waals surface area contributed by atoms with Gasteiger partial charge in [0, 0.05) is 10.9 Å². The van der Waals surface area contributed by atoms with Crippen LogP contribution in [-0.2, 0) is 30.2 Å². The maximum atomic E-state index is 10.8. The van der Waals surface area contributed by atoms with Gasteiger partial charge in [-0.25, -0.2) is 4.18 Å². The Morgan fingerprint density at radius 2 is 1.82 bits per heavy atom. The first kappa shape index (κ1) is 18.3. The largest absolute Gasteiger partial charge is 0.397 e. The summed E-state index contributed by atoms with van der Waals surface area (Å²) in [6.07, 6.45) is -8.12. The van der Waals surface area contributed by atoms with Crippen LogP contribution >= 0.6 is 0 Å². The molecule has 2 fully saturated rings. The Labute approximate surface area is 129 Å². The van der Waals surface area contributed by atoms with Gasteiger partial charge in [0.15, 0.2) is 11.5 Å². The standard InChI is InChI=1S/C10H18O10S2/c11-1-6-7(13)4(12)2-21(6)3-5-9(20-22(16,17)18)8(14)10(15)19-5/h4-15H,1-3H2/p+1/t4-,5-,6-,7+,8+,9-,10?,21?/m1/s1. The topological polar surface area (TPSA) is 174 Å². The third kappa shape index (κ3) is 3.90. The third-order valence-corrected chi connectivity index (χ3v) is 6.96. The molecule has 130 valence electrons. The van der Waals surface area contributed by atoms with Crippen LogP contribution in [0.25, 0.3) is 0 Å². The highest BCUT2D eigenvalue weighted by Crippen LogP contribution is 2.30. The third-order valence-electron chi connectivity index (χ3n) is 3.69. The van der Waals surface area contributed by atoms with Crippen molar-refractivity contribution >= 4 is 21.3 Å². The Bertz CT molecular complexity index is 484. The summed E-state index contributed by atoms with van der Waals surface area (Å²) < 4.78 is 39.7. The van der Waals surface area contributed by atoms with E-state index in [2.05, 4.69) is 4.18 Å². The van der Waals surface area contributed by atoms with E-state index in [1.165, 1.54) is 0 Å². The molecule has 0 amide bonds. The van der Waals surface area contributed by atoms with Gasteiger partial charge in [0.1, 0.15) is 42.0 Å². The van der Waals surface area contributed by atoms with Crippen molar-refractivity contribution in [2.24, 2.45) is 0 Å². The molecule has 0 aromatic rings. The Hall–Kier alpha value is -0.0200. The van der Waals surface area contributed by atoms with E-state index < -0.39 is 63.4 Å². The van der Waals surface area contributed by atoms with Crippen molar-refractivity contribution in [2.45, 2.75) is 42.1 Å². The van der Waals surface area contributed by atoms with Crippen molar-refractivity contribution in [3.63, 3.8) is 0 Å². The second kappa shape index (κ2) is 6.84. The average Bonchev–Trinajstić information content (AvgIpc) is 2.80. The highest BCUT2D eigenvalue weighted by Gasteiger charge is 2.55. The second-order valence-electron chi connectivity index (χ2n) is 5.19. The van der Waals surface area contributed by atoms with Crippen molar-refractivity contribution in [1.82, 2.24) is 0 Å². The molecule has 0 saturated carbocycles. The van der Waals surface area contributed by atoms with E-state index >= 15 is 0 Å². The molecule has 8 atom stereocenters. The van der Waals surface area contributed by atoms with Crippen LogP contribution in [0.15, 0.2) is 0 Å². The lowest BCUT2D eigenvalue weighted by atomic mass is 10.2. The van der Waals surface area contributed by atoms with Crippen molar-refractivity contribution in [3.05, 3.63) is 0 Å². The molecule has 2 rings (SSSR count). The van der Waals surface area contributed by atoms with Crippen LogP contribution in [-0.4, -0.2) is 98.7 Å². The van der Waals surface area contributed by atoms with Gasteiger partial charge in [-0.15, -0.1) is 0 Å². The molecule has 0 aliphatic carbocycles. The van der Waals surface area contributed by atoms with E-state index in [-0.39, 0.29) is 18.1 Å². The highest BCUT2D eigenvalue weighted by molar-refractivity contribution is 7.97. The summed E-state index contributed by atoms with van der Waals surface area (Å²) in [5.74, 6) is 0.199. The molecule has 0 aromatic heterocycles. The minimum absolute atomic E-state index is 0.0354. The van der Waals surface area contributed by atoms with Crippen molar-refractivity contribution in [1.29, 1.82) is 0 Å². The smallest absolute Gasteiger partial charge is 0.391 e. The van der Waals surface area contributed by atoms with Crippen LogP contribution in [0.5, 0.6) is 0 Å². The van der Waals surface area contributed by atoms with Crippen LogP contribution in [0.2, 0.25) is 0 Å². The van der Waals surface area contributed by atoms with Crippen LogP contribution in [0.3, 0.4) is 0 Å². The average molecular weight is 363 g/mol. The molecule has 2 heterocycles. The van der Waals surface area contributed by atoms with Gasteiger partial charge in [0.25, 0.3) is 0 Å². The lowest BCUT2D eigenvalue weighted by Crippen LogP contribution is -2.42. The summed E-state index contributed by atoms with van der Waals surface area (Å²) in [6.45, 7) is -0.386. The van der Waals surface area contributed by atoms with Gasteiger partial charge in [0.2, 0.25) is 0 Å². The SMILES string of the molecule is O=S(=O)(O)O[C@H]1[C@H](O)C(O)O[C@@H]1C[S+]1C[C@@H](O)[C@H](O)[C@H]1CO. The molecule has 6 N–H and O–H groups in total. The fraction of sp³-hybridized carbons (Fsp3) is 1.00. The molecule has 10 nitrogen and oxygen atoms in total. The molecule has 0 radical (unpaired) electrons. The van der Waals surface area contributed by atoms with E-state index in [9.17, 15) is 34.0 Å². The van der Waals surface area contributed by atoms with Crippen molar-refractivity contribution in [2.75, 3.05) is 18.1 Å². The predicted molar refractivity (Wildman–Crippen MR) is 73.3 cm³/mol. The second-order valence-corrected chi connectivity index (χ2v) is 8.59. The zero-order valence-electron chi connectivity index (χ0n) is 11.3. The van der Waals surface area contributed by atoms with Gasteiger partial charge in [-0.05, 0) is 0 Å². The molecular weight excluding hydrogens is 344 g/mol. The molecule has 2 unspecified atom stereocenters. The summed E-state index contributed by atoms with van der Waals surface area (Å²) in [4.78, 5) is 0. The van der Waals surface area contributed by atoms with E-state index in [4.69, 9.17) is 9.29 Å². The van der Waals surface area contributed by atoms with E-state index in [0.717, 1.165) is 0 Å². The zero-order chi connectivity index (χ0) is 16.7. The fourth-order valence-electron chi connectivity index (χ4n) is 2.62. The van der Waals surface area contributed by atoms with Gasteiger partial charge in [-0.1, -0.05) is 0 Å². The number of ether oxygens (including phenoxy) is 1. The van der Waals surface area contributed by atoms with Crippen LogP contribution in [0.4, 0.5) is 0 Å². The van der Waals surface area contributed by atoms with Crippen molar-refractivity contribution < 1.29 is 47.4 Å². The monoisotopic (exact) mass is 363 g/mol. The molecule has 12 heteroatoms. The van der Waals surface area contributed by atoms with Crippen LogP contribution in [0, 0.1) is 0 Å². The first-order chi connectivity index (χ1) is 10.1. The molecule has 0 spiro atoms. The molecule has 0 aromatic carbocycles. The van der Waals surface area contributed by atoms with E-state index in [0.29, 0.717) is 0 Å². The minimum atomic E-state index is -4.87. The number of aliphatic hydroxyl groups excluding tert-OH is 5. The fourth-order valence-corrected chi connectivity index (χ4v) is 5.88. The van der Waals surface area contributed by atoms with E-state index in [1.54, 1.807) is 0 Å².